The summed E-state index contributed by atoms with van der Waals surface area (Å²) in [6, 6.07) is 0.750. The molecule has 0 fully saturated rings. The van der Waals surface area contributed by atoms with Gasteiger partial charge < -0.3 is 11.1 Å². The molecule has 0 saturated carbocycles. The molecular weight excluding hydrogens is 280 g/mol. The predicted octanol–water partition coefficient (Wildman–Crippen LogP) is 2.36. The summed E-state index contributed by atoms with van der Waals surface area (Å²) in [5, 5.41) is 3.38. The monoisotopic (exact) mass is 314 g/mol. The van der Waals surface area contributed by atoms with E-state index in [0.29, 0.717) is 0 Å². The first-order chi connectivity index (χ1) is 9.32. The summed E-state index contributed by atoms with van der Waals surface area (Å²) < 4.78 is 29.7. The van der Waals surface area contributed by atoms with E-state index in [1.165, 1.54) is 32.1 Å². The van der Waals surface area contributed by atoms with Crippen LogP contribution in [0, 0.1) is 0 Å². The number of nitrogens with two attached hydrogens (primary N) is 1. The lowest BCUT2D eigenvalue weighted by Crippen LogP contribution is -2.26. The molecule has 0 amide bonds. The first-order valence-corrected chi connectivity index (χ1v) is 8.65. The van der Waals surface area contributed by atoms with Crippen LogP contribution in [0.3, 0.4) is 0 Å². The minimum absolute atomic E-state index is 0.750. The molecule has 0 aliphatic heterocycles. The Labute approximate surface area is 125 Å². The van der Waals surface area contributed by atoms with Crippen LogP contribution in [0.2, 0.25) is 0 Å². The van der Waals surface area contributed by atoms with Crippen LogP contribution in [0.4, 0.5) is 0 Å². The van der Waals surface area contributed by atoms with Crippen LogP contribution >= 0.6 is 0 Å². The molecule has 0 saturated heterocycles. The molecule has 0 heterocycles. The van der Waals surface area contributed by atoms with Crippen LogP contribution in [-0.2, 0) is 14.6 Å². The third-order valence-corrected chi connectivity index (χ3v) is 2.92. The molecule has 0 radical (unpaired) electrons. The van der Waals surface area contributed by atoms with Gasteiger partial charge in [-0.3, -0.25) is 8.74 Å². The Bertz CT molecular complexity index is 251. The maximum Gasteiger partial charge on any atom is 0.397 e. The number of nitrogens with one attached hydrogen (secondary N) is 1. The van der Waals surface area contributed by atoms with E-state index >= 15 is 0 Å². The number of unbranched alkanes of at least 4 members (excludes halogenated alkanes) is 2. The Balaban J connectivity index is -0.000000221. The van der Waals surface area contributed by atoms with Crippen LogP contribution in [-0.4, -0.2) is 39.2 Å². The van der Waals surface area contributed by atoms with Gasteiger partial charge in [0.15, 0.2) is 0 Å². The molecule has 6 nitrogen and oxygen atoms in total. The summed E-state index contributed by atoms with van der Waals surface area (Å²) in [4.78, 5) is 0. The summed E-state index contributed by atoms with van der Waals surface area (Å²) in [6.45, 7) is 10.7. The van der Waals surface area contributed by atoms with Crippen LogP contribution in [0.25, 0.3) is 0 Å². The molecule has 20 heavy (non-hydrogen) atoms. The van der Waals surface area contributed by atoms with E-state index in [1.54, 1.807) is 0 Å². The van der Waals surface area contributed by atoms with E-state index in [-0.39, 0.29) is 0 Å². The van der Waals surface area contributed by atoms with Crippen LogP contribution < -0.4 is 11.1 Å². The van der Waals surface area contributed by atoms with Crippen molar-refractivity contribution in [1.29, 1.82) is 0 Å². The van der Waals surface area contributed by atoms with Gasteiger partial charge in [-0.05, 0) is 32.4 Å². The van der Waals surface area contributed by atoms with E-state index < -0.39 is 10.4 Å². The molecule has 0 aliphatic carbocycles. The van der Waals surface area contributed by atoms with Gasteiger partial charge in [0.1, 0.15) is 0 Å². The molecule has 7 heteroatoms. The molecule has 0 unspecified atom stereocenters. The zero-order valence-electron chi connectivity index (χ0n) is 13.7. The largest absolute Gasteiger partial charge is 0.397 e. The van der Waals surface area contributed by atoms with Gasteiger partial charge in [-0.2, -0.15) is 8.42 Å². The fourth-order valence-electron chi connectivity index (χ4n) is 1.26. The first-order valence-electron chi connectivity index (χ1n) is 7.29. The van der Waals surface area contributed by atoms with Gasteiger partial charge in [-0.1, -0.05) is 40.5 Å². The Morgan fingerprint density at radius 3 is 1.70 bits per heavy atom. The van der Waals surface area contributed by atoms with Gasteiger partial charge >= 0.3 is 10.4 Å². The molecule has 0 aromatic heterocycles. The fourth-order valence-corrected chi connectivity index (χ4v) is 1.26. The molecule has 0 aromatic rings. The van der Waals surface area contributed by atoms with Gasteiger partial charge in [0.05, 0.1) is 7.11 Å². The zero-order valence-corrected chi connectivity index (χ0v) is 14.5. The average Bonchev–Trinajstić information content (AvgIpc) is 2.43. The molecule has 0 aromatic carbocycles. The van der Waals surface area contributed by atoms with Gasteiger partial charge in [0, 0.05) is 6.04 Å². The molecule has 0 bridgehead atoms. The zero-order chi connectivity index (χ0) is 16.4. The third-order valence-electron chi connectivity index (χ3n) is 2.50. The summed E-state index contributed by atoms with van der Waals surface area (Å²) in [6.07, 6.45) is 6.26. The normalized spacial score (nSPS) is 10.4. The van der Waals surface area contributed by atoms with Gasteiger partial charge in [0.2, 0.25) is 0 Å². The van der Waals surface area contributed by atoms with Gasteiger partial charge in [-0.25, -0.2) is 0 Å². The fraction of sp³-hybridized carbons (Fsp3) is 1.00. The van der Waals surface area contributed by atoms with Crippen molar-refractivity contribution in [2.45, 2.75) is 65.8 Å². The number of hydrogen-bond donors (Lipinski definition) is 3. The van der Waals surface area contributed by atoms with Crippen molar-refractivity contribution in [2.75, 3.05) is 20.2 Å². The third kappa shape index (κ3) is 30.7. The molecular formula is C13H34N2O4S. The van der Waals surface area contributed by atoms with Crippen LogP contribution in [0.1, 0.15) is 59.8 Å². The van der Waals surface area contributed by atoms with E-state index in [1.807, 2.05) is 0 Å². The second kappa shape index (κ2) is 18.8. The highest BCUT2D eigenvalue weighted by atomic mass is 32.3. The van der Waals surface area contributed by atoms with Gasteiger partial charge in [0.25, 0.3) is 0 Å². The minimum atomic E-state index is -4.16. The van der Waals surface area contributed by atoms with Crippen molar-refractivity contribution in [1.82, 2.24) is 5.32 Å². The average molecular weight is 314 g/mol. The predicted molar refractivity (Wildman–Crippen MR) is 85.2 cm³/mol. The lowest BCUT2D eigenvalue weighted by molar-refractivity contribution is 0.324. The van der Waals surface area contributed by atoms with Crippen molar-refractivity contribution in [3.8, 4) is 0 Å². The number of rotatable bonds is 8. The molecule has 0 rings (SSSR count). The molecule has 0 spiro atoms. The molecule has 0 atom stereocenters. The standard InChI is InChI=1S/C7H17N.C5H13N.CH4O4S/c1-4-7(5-2)8-6-3;1-2-3-4-5-6;1-5-6(2,3)4/h7-8H,4-6H2,1-3H3;2-6H2,1H3;1H3,(H,2,3,4). The highest BCUT2D eigenvalue weighted by Crippen LogP contribution is 1.93. The number of hydrogen-bond acceptors (Lipinski definition) is 5. The molecule has 126 valence electrons. The SMILES string of the molecule is CCCCCN.CCNC(CC)CC.COS(=O)(=O)O. The quantitative estimate of drug-likeness (QED) is 0.469. The summed E-state index contributed by atoms with van der Waals surface area (Å²) >= 11 is 0. The highest BCUT2D eigenvalue weighted by molar-refractivity contribution is 7.80. The second-order valence-corrected chi connectivity index (χ2v) is 5.35. The van der Waals surface area contributed by atoms with E-state index in [9.17, 15) is 8.42 Å². The van der Waals surface area contributed by atoms with Crippen LogP contribution in [0.5, 0.6) is 0 Å². The van der Waals surface area contributed by atoms with Gasteiger partial charge in [-0.15, -0.1) is 0 Å². The minimum Gasteiger partial charge on any atom is -0.330 e. The van der Waals surface area contributed by atoms with E-state index in [4.69, 9.17) is 10.3 Å². The Morgan fingerprint density at radius 2 is 1.60 bits per heavy atom. The molecule has 0 aliphatic rings. The maximum absolute atomic E-state index is 9.33. The summed E-state index contributed by atoms with van der Waals surface area (Å²) in [5.41, 5.74) is 5.21. The van der Waals surface area contributed by atoms with E-state index in [2.05, 4.69) is 37.2 Å². The summed E-state index contributed by atoms with van der Waals surface area (Å²) in [5.74, 6) is 0. The Kier molecular flexibility index (Phi) is 23.3. The first kappa shape index (κ1) is 24.8. The second-order valence-electron chi connectivity index (χ2n) is 4.16. The van der Waals surface area contributed by atoms with E-state index in [0.717, 1.165) is 26.2 Å². The van der Waals surface area contributed by atoms with Crippen molar-refractivity contribution < 1.29 is 17.2 Å². The molecule has 4 N–H and O–H groups in total. The van der Waals surface area contributed by atoms with Crippen molar-refractivity contribution >= 4 is 10.4 Å². The lowest BCUT2D eigenvalue weighted by atomic mass is 10.2. The summed E-state index contributed by atoms with van der Waals surface area (Å²) in [7, 11) is -3.29. The Morgan fingerprint density at radius 1 is 1.15 bits per heavy atom. The maximum atomic E-state index is 9.33. The Hall–Kier alpha value is -0.210. The van der Waals surface area contributed by atoms with Crippen molar-refractivity contribution in [3.05, 3.63) is 0 Å². The lowest BCUT2D eigenvalue weighted by Gasteiger charge is -2.11. The van der Waals surface area contributed by atoms with Crippen LogP contribution in [0.15, 0.2) is 0 Å². The highest BCUT2D eigenvalue weighted by Gasteiger charge is 1.97. The van der Waals surface area contributed by atoms with Crippen molar-refractivity contribution in [3.63, 3.8) is 0 Å². The smallest absolute Gasteiger partial charge is 0.330 e. The van der Waals surface area contributed by atoms with Crippen molar-refractivity contribution in [2.24, 2.45) is 5.73 Å². The topological polar surface area (TPSA) is 102 Å².